The fourth-order valence-electron chi connectivity index (χ4n) is 2.69. The maximum atomic E-state index is 13.0. The lowest BCUT2D eigenvalue weighted by Crippen LogP contribution is -2.44. The molecule has 0 saturated carbocycles. The molecule has 0 bridgehead atoms. The number of ether oxygens (including phenoxy) is 1. The van der Waals surface area contributed by atoms with Gasteiger partial charge in [0, 0.05) is 25.1 Å². The van der Waals surface area contributed by atoms with Crippen LogP contribution in [0.2, 0.25) is 0 Å². The van der Waals surface area contributed by atoms with Crippen LogP contribution in [-0.2, 0) is 9.53 Å². The first kappa shape index (κ1) is 18.9. The van der Waals surface area contributed by atoms with Crippen LogP contribution in [0.3, 0.4) is 0 Å². The lowest BCUT2D eigenvalue weighted by molar-refractivity contribution is -0.128. The first-order valence-electron chi connectivity index (χ1n) is 8.23. The Morgan fingerprint density at radius 1 is 1.28 bits per heavy atom. The van der Waals surface area contributed by atoms with Gasteiger partial charge >= 0.3 is 6.09 Å². The van der Waals surface area contributed by atoms with Gasteiger partial charge in [-0.2, -0.15) is 0 Å². The van der Waals surface area contributed by atoms with Crippen LogP contribution in [0.5, 0.6) is 0 Å². The largest absolute Gasteiger partial charge is 0.444 e. The molecule has 2 amide bonds. The second-order valence-electron chi connectivity index (χ2n) is 6.94. The summed E-state index contributed by atoms with van der Waals surface area (Å²) in [6.45, 7) is 5.68. The highest BCUT2D eigenvalue weighted by atomic mass is 19.1. The molecule has 2 rings (SSSR count). The molecule has 0 spiro atoms. The lowest BCUT2D eigenvalue weighted by Gasteiger charge is -2.25. The molecular weight excluding hydrogens is 327 g/mol. The van der Waals surface area contributed by atoms with Crippen molar-refractivity contribution < 1.29 is 23.5 Å². The minimum atomic E-state index is -0.603. The van der Waals surface area contributed by atoms with Crippen LogP contribution in [0.15, 0.2) is 24.3 Å². The Morgan fingerprint density at radius 2 is 1.92 bits per heavy atom. The molecule has 1 aromatic rings. The molecule has 0 aliphatic carbocycles. The molecule has 1 N–H and O–H groups in total. The van der Waals surface area contributed by atoms with Gasteiger partial charge in [0.05, 0.1) is 6.04 Å². The van der Waals surface area contributed by atoms with Gasteiger partial charge in [-0.1, -0.05) is 0 Å². The maximum Gasteiger partial charge on any atom is 0.407 e. The van der Waals surface area contributed by atoms with E-state index in [0.717, 1.165) is 0 Å². The highest BCUT2D eigenvalue weighted by Gasteiger charge is 2.36. The van der Waals surface area contributed by atoms with Gasteiger partial charge in [0.1, 0.15) is 11.4 Å². The zero-order chi connectivity index (χ0) is 18.6. The number of hydrogen-bond acceptors (Lipinski definition) is 4. The third-order valence-electron chi connectivity index (χ3n) is 3.78. The molecule has 1 aliphatic heterocycles. The molecule has 1 fully saturated rings. The van der Waals surface area contributed by atoms with E-state index < -0.39 is 23.6 Å². The van der Waals surface area contributed by atoms with Gasteiger partial charge in [0.15, 0.2) is 5.78 Å². The van der Waals surface area contributed by atoms with E-state index in [0.29, 0.717) is 12.0 Å². The number of halogens is 1. The van der Waals surface area contributed by atoms with E-state index in [4.69, 9.17) is 4.74 Å². The van der Waals surface area contributed by atoms with Gasteiger partial charge < -0.3 is 15.0 Å². The number of benzene rings is 1. The maximum absolute atomic E-state index is 13.0. The van der Waals surface area contributed by atoms with Gasteiger partial charge in [-0.05, 0) is 51.5 Å². The summed E-state index contributed by atoms with van der Waals surface area (Å²) in [4.78, 5) is 37.7. The van der Waals surface area contributed by atoms with Crippen molar-refractivity contribution in [3.8, 4) is 0 Å². The average Bonchev–Trinajstić information content (AvgIpc) is 2.87. The third kappa shape index (κ3) is 5.27. The summed E-state index contributed by atoms with van der Waals surface area (Å²) in [6.07, 6.45) is 0.131. The summed E-state index contributed by atoms with van der Waals surface area (Å²) < 4.78 is 18.1. The number of hydrogen-bond donors (Lipinski definition) is 1. The smallest absolute Gasteiger partial charge is 0.407 e. The van der Waals surface area contributed by atoms with Crippen molar-refractivity contribution in [1.29, 1.82) is 0 Å². The molecule has 7 heteroatoms. The molecule has 0 aromatic heterocycles. The monoisotopic (exact) mass is 350 g/mol. The van der Waals surface area contributed by atoms with E-state index in [-0.39, 0.29) is 31.2 Å². The number of alkyl carbamates (subject to hydrolysis) is 1. The second-order valence-corrected chi connectivity index (χ2v) is 6.94. The SMILES string of the molecule is CC(C)(C)OC(=O)NCCN1C(=O)CC[C@H]1C(=O)c1ccc(F)cc1. The van der Waals surface area contributed by atoms with Gasteiger partial charge in [0.2, 0.25) is 5.91 Å². The van der Waals surface area contributed by atoms with E-state index in [2.05, 4.69) is 5.32 Å². The molecule has 1 atom stereocenters. The summed E-state index contributed by atoms with van der Waals surface area (Å²) in [5.41, 5.74) is -0.236. The molecule has 1 aliphatic rings. The molecule has 0 unspecified atom stereocenters. The highest BCUT2D eigenvalue weighted by molar-refractivity contribution is 6.03. The minimum Gasteiger partial charge on any atom is -0.444 e. The van der Waals surface area contributed by atoms with Gasteiger partial charge in [0.25, 0.3) is 0 Å². The normalized spacial score (nSPS) is 17.5. The van der Waals surface area contributed by atoms with Crippen LogP contribution >= 0.6 is 0 Å². The summed E-state index contributed by atoms with van der Waals surface area (Å²) in [6, 6.07) is 4.69. The van der Waals surface area contributed by atoms with Crippen LogP contribution in [0.25, 0.3) is 0 Å². The van der Waals surface area contributed by atoms with Crippen molar-refractivity contribution in [2.75, 3.05) is 13.1 Å². The molecule has 1 saturated heterocycles. The van der Waals surface area contributed by atoms with E-state index in [1.807, 2.05) is 0 Å². The Labute approximate surface area is 146 Å². The van der Waals surface area contributed by atoms with Crippen molar-refractivity contribution >= 4 is 17.8 Å². The third-order valence-corrected chi connectivity index (χ3v) is 3.78. The minimum absolute atomic E-state index is 0.133. The van der Waals surface area contributed by atoms with Crippen molar-refractivity contribution in [2.45, 2.75) is 45.3 Å². The molecule has 136 valence electrons. The Kier molecular flexibility index (Phi) is 5.77. The molecule has 25 heavy (non-hydrogen) atoms. The van der Waals surface area contributed by atoms with Gasteiger partial charge in [-0.25, -0.2) is 9.18 Å². The topological polar surface area (TPSA) is 75.7 Å². The Morgan fingerprint density at radius 3 is 2.52 bits per heavy atom. The van der Waals surface area contributed by atoms with Crippen LogP contribution in [0.4, 0.5) is 9.18 Å². The number of amides is 2. The number of carbonyl (C=O) groups excluding carboxylic acids is 3. The molecule has 6 nitrogen and oxygen atoms in total. The lowest BCUT2D eigenvalue weighted by atomic mass is 10.0. The summed E-state index contributed by atoms with van der Waals surface area (Å²) in [5, 5.41) is 2.58. The Hall–Kier alpha value is -2.44. The first-order chi connectivity index (χ1) is 11.7. The molecule has 1 aromatic carbocycles. The first-order valence-corrected chi connectivity index (χ1v) is 8.23. The fraction of sp³-hybridized carbons (Fsp3) is 0.500. The number of nitrogens with one attached hydrogen (secondary N) is 1. The second kappa shape index (κ2) is 7.63. The standard InChI is InChI=1S/C18H23FN2O4/c1-18(2,3)25-17(24)20-10-11-21-14(8-9-15(21)22)16(23)12-4-6-13(19)7-5-12/h4-7,14H,8-11H2,1-3H3,(H,20,24)/t14-/m0/s1. The van der Waals surface area contributed by atoms with Crippen molar-refractivity contribution in [2.24, 2.45) is 0 Å². The number of carbonyl (C=O) groups is 3. The van der Waals surface area contributed by atoms with E-state index in [9.17, 15) is 18.8 Å². The zero-order valence-electron chi connectivity index (χ0n) is 14.7. The number of likely N-dealkylation sites (tertiary alicyclic amines) is 1. The molecule has 1 heterocycles. The van der Waals surface area contributed by atoms with Crippen LogP contribution in [0.1, 0.15) is 44.0 Å². The van der Waals surface area contributed by atoms with Crippen molar-refractivity contribution in [1.82, 2.24) is 10.2 Å². The van der Waals surface area contributed by atoms with Crippen LogP contribution in [0, 0.1) is 5.82 Å². The van der Waals surface area contributed by atoms with E-state index in [1.165, 1.54) is 29.2 Å². The Balaban J connectivity index is 1.94. The van der Waals surface area contributed by atoms with Crippen LogP contribution in [-0.4, -0.2) is 47.4 Å². The van der Waals surface area contributed by atoms with Crippen molar-refractivity contribution in [3.63, 3.8) is 0 Å². The molecular formula is C18H23FN2O4. The number of rotatable bonds is 5. The van der Waals surface area contributed by atoms with Crippen molar-refractivity contribution in [3.05, 3.63) is 35.6 Å². The van der Waals surface area contributed by atoms with Gasteiger partial charge in [-0.3, -0.25) is 9.59 Å². The van der Waals surface area contributed by atoms with E-state index in [1.54, 1.807) is 20.8 Å². The van der Waals surface area contributed by atoms with E-state index >= 15 is 0 Å². The predicted octanol–water partition coefficient (Wildman–Crippen LogP) is 2.52. The highest BCUT2D eigenvalue weighted by Crippen LogP contribution is 2.22. The average molecular weight is 350 g/mol. The molecule has 0 radical (unpaired) electrons. The Bertz CT molecular complexity index is 652. The van der Waals surface area contributed by atoms with Gasteiger partial charge in [-0.15, -0.1) is 0 Å². The summed E-state index contributed by atoms with van der Waals surface area (Å²) in [7, 11) is 0. The summed E-state index contributed by atoms with van der Waals surface area (Å²) in [5.74, 6) is -0.771. The number of Topliss-reactive ketones (excluding diaryl/α,β-unsaturated/α-hetero) is 1. The predicted molar refractivity (Wildman–Crippen MR) is 89.7 cm³/mol. The summed E-state index contributed by atoms with van der Waals surface area (Å²) >= 11 is 0. The fourth-order valence-corrected chi connectivity index (χ4v) is 2.69. The number of nitrogens with zero attached hydrogens (tertiary/aromatic N) is 1. The zero-order valence-corrected chi connectivity index (χ0v) is 14.7. The number of ketones is 1. The quantitative estimate of drug-likeness (QED) is 0.828. The van der Waals surface area contributed by atoms with Crippen LogP contribution < -0.4 is 5.32 Å².